The fourth-order valence-electron chi connectivity index (χ4n) is 2.63. The predicted molar refractivity (Wildman–Crippen MR) is 97.6 cm³/mol. The minimum absolute atomic E-state index is 0.0539. The summed E-state index contributed by atoms with van der Waals surface area (Å²) in [7, 11) is 0. The number of anilines is 1. The molecule has 0 aliphatic heterocycles. The van der Waals surface area contributed by atoms with Crippen molar-refractivity contribution in [2.24, 2.45) is 0 Å². The fraction of sp³-hybridized carbons (Fsp3) is 0.333. The van der Waals surface area contributed by atoms with Gasteiger partial charge in [0.25, 0.3) is 5.56 Å². The summed E-state index contributed by atoms with van der Waals surface area (Å²) in [6, 6.07) is 8.28. The molecule has 0 bridgehead atoms. The van der Waals surface area contributed by atoms with Crippen LogP contribution >= 0.6 is 11.3 Å². The van der Waals surface area contributed by atoms with Gasteiger partial charge in [-0.3, -0.25) is 4.79 Å². The molecule has 0 saturated heterocycles. The van der Waals surface area contributed by atoms with E-state index in [2.05, 4.69) is 46.5 Å². The van der Waals surface area contributed by atoms with Crippen molar-refractivity contribution >= 4 is 27.2 Å². The average Bonchev–Trinajstić information content (AvgIpc) is 2.83. The predicted octanol–water partition coefficient (Wildman–Crippen LogP) is 4.34. The topological polar surface area (TPSA) is 57.8 Å². The minimum Gasteiger partial charge on any atom is -0.375 e. The SMILES string of the molecule is CCc1ccc(N[C@H](C)c2nc3sc(C)c(C)c3c(=O)[nH]2)cc1. The van der Waals surface area contributed by atoms with Crippen molar-refractivity contribution in [1.29, 1.82) is 0 Å². The van der Waals surface area contributed by atoms with Gasteiger partial charge in [-0.15, -0.1) is 11.3 Å². The number of hydrogen-bond acceptors (Lipinski definition) is 4. The van der Waals surface area contributed by atoms with E-state index in [1.807, 2.05) is 20.8 Å². The van der Waals surface area contributed by atoms with E-state index in [0.717, 1.165) is 32.8 Å². The maximum absolute atomic E-state index is 12.4. The highest BCUT2D eigenvalue weighted by molar-refractivity contribution is 7.18. The first-order valence-corrected chi connectivity index (χ1v) is 8.66. The third-order valence-corrected chi connectivity index (χ3v) is 5.31. The van der Waals surface area contributed by atoms with Crippen LogP contribution < -0.4 is 10.9 Å². The molecule has 0 radical (unpaired) electrons. The Morgan fingerprint density at radius 1 is 1.26 bits per heavy atom. The summed E-state index contributed by atoms with van der Waals surface area (Å²) in [6.07, 6.45) is 1.03. The molecule has 0 spiro atoms. The van der Waals surface area contributed by atoms with Gasteiger partial charge in [0.1, 0.15) is 10.7 Å². The molecule has 0 amide bonds. The normalized spacial score (nSPS) is 12.5. The quantitative estimate of drug-likeness (QED) is 0.749. The highest BCUT2D eigenvalue weighted by atomic mass is 32.1. The second-order valence-electron chi connectivity index (χ2n) is 5.83. The summed E-state index contributed by atoms with van der Waals surface area (Å²) in [5.41, 5.74) is 3.31. The monoisotopic (exact) mass is 327 g/mol. The Kier molecular flexibility index (Phi) is 4.22. The number of fused-ring (bicyclic) bond motifs is 1. The molecule has 120 valence electrons. The second-order valence-corrected chi connectivity index (χ2v) is 7.03. The lowest BCUT2D eigenvalue weighted by Crippen LogP contribution is -2.17. The molecule has 4 nitrogen and oxygen atoms in total. The molecule has 0 aliphatic carbocycles. The summed E-state index contributed by atoms with van der Waals surface area (Å²) in [5.74, 6) is 0.670. The molecule has 0 aliphatic rings. The van der Waals surface area contributed by atoms with E-state index in [1.165, 1.54) is 5.56 Å². The van der Waals surface area contributed by atoms with E-state index in [4.69, 9.17) is 0 Å². The smallest absolute Gasteiger partial charge is 0.259 e. The first-order chi connectivity index (χ1) is 11.0. The minimum atomic E-state index is -0.0673. The second kappa shape index (κ2) is 6.16. The number of aryl methyl sites for hydroxylation is 3. The number of rotatable bonds is 4. The van der Waals surface area contributed by atoms with Crippen molar-refractivity contribution in [2.75, 3.05) is 5.32 Å². The molecule has 2 heterocycles. The Morgan fingerprint density at radius 2 is 1.96 bits per heavy atom. The van der Waals surface area contributed by atoms with Gasteiger partial charge in [-0.2, -0.15) is 0 Å². The number of benzene rings is 1. The van der Waals surface area contributed by atoms with Crippen LogP contribution in [0.25, 0.3) is 10.2 Å². The molecule has 3 rings (SSSR count). The summed E-state index contributed by atoms with van der Waals surface area (Å²) in [6.45, 7) is 8.14. The molecular formula is C18H21N3OS. The maximum Gasteiger partial charge on any atom is 0.259 e. The van der Waals surface area contributed by atoms with Crippen molar-refractivity contribution in [1.82, 2.24) is 9.97 Å². The van der Waals surface area contributed by atoms with Crippen LogP contribution in [-0.4, -0.2) is 9.97 Å². The molecular weight excluding hydrogens is 306 g/mol. The molecule has 2 N–H and O–H groups in total. The number of hydrogen-bond donors (Lipinski definition) is 2. The standard InChI is InChI=1S/C18H21N3OS/c1-5-13-6-8-14(9-7-13)19-11(3)16-20-17(22)15-10(2)12(4)23-18(15)21-16/h6-9,11,19H,5H2,1-4H3,(H,20,21,22)/t11-/m1/s1. The number of thiophene rings is 1. The summed E-state index contributed by atoms with van der Waals surface area (Å²) in [5, 5.41) is 4.11. The Hall–Kier alpha value is -2.14. The van der Waals surface area contributed by atoms with E-state index in [0.29, 0.717) is 5.82 Å². The van der Waals surface area contributed by atoms with E-state index in [9.17, 15) is 4.79 Å². The maximum atomic E-state index is 12.4. The Bertz CT molecular complexity index is 893. The number of nitrogens with one attached hydrogen (secondary N) is 2. The third-order valence-electron chi connectivity index (χ3n) is 4.21. The zero-order valence-electron chi connectivity index (χ0n) is 13.9. The van der Waals surface area contributed by atoms with Crippen LogP contribution in [-0.2, 0) is 6.42 Å². The van der Waals surface area contributed by atoms with Crippen molar-refractivity contribution in [3.05, 3.63) is 56.4 Å². The van der Waals surface area contributed by atoms with Crippen molar-refractivity contribution < 1.29 is 0 Å². The van der Waals surface area contributed by atoms with E-state index >= 15 is 0 Å². The van der Waals surface area contributed by atoms with E-state index in [-0.39, 0.29) is 11.6 Å². The van der Waals surface area contributed by atoms with Crippen LogP contribution in [0.4, 0.5) is 5.69 Å². The summed E-state index contributed by atoms with van der Waals surface area (Å²) >= 11 is 1.58. The molecule has 0 unspecified atom stereocenters. The molecule has 0 saturated carbocycles. The molecule has 5 heteroatoms. The lowest BCUT2D eigenvalue weighted by Gasteiger charge is -2.14. The van der Waals surface area contributed by atoms with Gasteiger partial charge in [-0.25, -0.2) is 4.98 Å². The number of nitrogens with zero attached hydrogens (tertiary/aromatic N) is 1. The highest BCUT2D eigenvalue weighted by Gasteiger charge is 2.15. The fourth-order valence-corrected chi connectivity index (χ4v) is 3.67. The van der Waals surface area contributed by atoms with Crippen LogP contribution in [0.1, 0.15) is 41.7 Å². The Balaban J connectivity index is 1.91. The van der Waals surface area contributed by atoms with Crippen LogP contribution in [0, 0.1) is 13.8 Å². The Labute approximate surface area is 139 Å². The van der Waals surface area contributed by atoms with E-state index < -0.39 is 0 Å². The van der Waals surface area contributed by atoms with Gasteiger partial charge in [0.2, 0.25) is 0 Å². The van der Waals surface area contributed by atoms with Gasteiger partial charge in [0.15, 0.2) is 0 Å². The van der Waals surface area contributed by atoms with Crippen LogP contribution in [0.2, 0.25) is 0 Å². The summed E-state index contributed by atoms with van der Waals surface area (Å²) in [4.78, 5) is 21.9. The third kappa shape index (κ3) is 3.01. The average molecular weight is 327 g/mol. The number of aromatic amines is 1. The number of aromatic nitrogens is 2. The van der Waals surface area contributed by atoms with Gasteiger partial charge in [-0.1, -0.05) is 19.1 Å². The van der Waals surface area contributed by atoms with Gasteiger partial charge in [-0.05, 0) is 50.5 Å². The van der Waals surface area contributed by atoms with Gasteiger partial charge in [0.05, 0.1) is 11.4 Å². The first kappa shape index (κ1) is 15.7. The molecule has 1 atom stereocenters. The lowest BCUT2D eigenvalue weighted by atomic mass is 10.1. The Morgan fingerprint density at radius 3 is 2.61 bits per heavy atom. The van der Waals surface area contributed by atoms with Crippen LogP contribution in [0.3, 0.4) is 0 Å². The van der Waals surface area contributed by atoms with Gasteiger partial charge >= 0.3 is 0 Å². The van der Waals surface area contributed by atoms with Gasteiger partial charge < -0.3 is 10.3 Å². The zero-order valence-corrected chi connectivity index (χ0v) is 14.7. The number of H-pyrrole nitrogens is 1. The van der Waals surface area contributed by atoms with Gasteiger partial charge in [0, 0.05) is 10.6 Å². The molecule has 0 fully saturated rings. The van der Waals surface area contributed by atoms with Crippen molar-refractivity contribution in [3.8, 4) is 0 Å². The summed E-state index contributed by atoms with van der Waals surface area (Å²) < 4.78 is 0. The van der Waals surface area contributed by atoms with Crippen molar-refractivity contribution in [2.45, 2.75) is 40.2 Å². The zero-order chi connectivity index (χ0) is 16.6. The van der Waals surface area contributed by atoms with E-state index in [1.54, 1.807) is 11.3 Å². The van der Waals surface area contributed by atoms with Crippen LogP contribution in [0.15, 0.2) is 29.1 Å². The lowest BCUT2D eigenvalue weighted by molar-refractivity contribution is 0.792. The highest BCUT2D eigenvalue weighted by Crippen LogP contribution is 2.27. The molecule has 1 aromatic carbocycles. The molecule has 2 aromatic heterocycles. The molecule has 23 heavy (non-hydrogen) atoms. The largest absolute Gasteiger partial charge is 0.375 e. The molecule has 3 aromatic rings. The van der Waals surface area contributed by atoms with Crippen LogP contribution in [0.5, 0.6) is 0 Å². The first-order valence-electron chi connectivity index (χ1n) is 7.85. The van der Waals surface area contributed by atoms with Crippen molar-refractivity contribution in [3.63, 3.8) is 0 Å².